The minimum absolute atomic E-state index is 0.0993. The molecule has 1 unspecified atom stereocenters. The van der Waals surface area contributed by atoms with Crippen LogP contribution in [-0.2, 0) is 12.8 Å². The number of hydrogen-bond acceptors (Lipinski definition) is 14. The summed E-state index contributed by atoms with van der Waals surface area (Å²) >= 11 is 0. The smallest absolute Gasteiger partial charge is 0.343 e. The number of carbonyl (C=O) groups is 1. The molecule has 0 aromatic heterocycles. The Morgan fingerprint density at radius 2 is 1.13 bits per heavy atom. The van der Waals surface area contributed by atoms with Crippen LogP contribution in [0, 0.1) is 0 Å². The van der Waals surface area contributed by atoms with Crippen LogP contribution in [0.4, 0.5) is 0 Å². The first-order chi connectivity index (χ1) is 22.2. The molecule has 5 atom stereocenters. The Labute approximate surface area is 263 Å². The molecule has 2 aliphatic rings. The molecular formula is C32H28O15. The van der Waals surface area contributed by atoms with Crippen molar-refractivity contribution in [2.45, 2.75) is 43.4 Å². The maximum Gasteiger partial charge on any atom is 0.343 e. The highest BCUT2D eigenvalue weighted by Gasteiger charge is 2.42. The SMILES string of the molecule is O=C(O)c1c(O)c(C(O)c2c(O)cc(O)c3c2O[C@H](c2ccc(O)c(O)c2)[C@@H](O)C3)c(O)c2c1O[C@@H](c1ccc(O)c(O)c1)[C@H](O)C2. The minimum atomic E-state index is -2.25. The van der Waals surface area contributed by atoms with Crippen LogP contribution in [-0.4, -0.2) is 79.5 Å². The Balaban J connectivity index is 1.48. The number of aromatic carboxylic acids is 1. The van der Waals surface area contributed by atoms with E-state index in [4.69, 9.17) is 9.47 Å². The predicted octanol–water partition coefficient (Wildman–Crippen LogP) is 2.19. The molecule has 0 radical (unpaired) electrons. The Kier molecular flexibility index (Phi) is 7.46. The van der Waals surface area contributed by atoms with Gasteiger partial charge in [0.05, 0.1) is 23.3 Å². The lowest BCUT2D eigenvalue weighted by molar-refractivity contribution is 0.0166. The monoisotopic (exact) mass is 652 g/mol. The molecule has 0 bridgehead atoms. The van der Waals surface area contributed by atoms with Gasteiger partial charge in [-0.25, -0.2) is 4.79 Å². The molecule has 0 saturated carbocycles. The Morgan fingerprint density at radius 3 is 1.64 bits per heavy atom. The van der Waals surface area contributed by atoms with Crippen molar-refractivity contribution in [3.05, 3.63) is 81.4 Å². The van der Waals surface area contributed by atoms with E-state index in [1.54, 1.807) is 0 Å². The fraction of sp³-hybridized carbons (Fsp3) is 0.219. The number of aromatic hydroxyl groups is 8. The number of fused-ring (bicyclic) bond motifs is 2. The van der Waals surface area contributed by atoms with E-state index in [1.807, 2.05) is 0 Å². The van der Waals surface area contributed by atoms with E-state index in [0.717, 1.165) is 30.3 Å². The number of benzene rings is 4. The molecule has 6 rings (SSSR count). The summed E-state index contributed by atoms with van der Waals surface area (Å²) in [6.45, 7) is 0. The van der Waals surface area contributed by atoms with Gasteiger partial charge in [-0.1, -0.05) is 12.1 Å². The van der Waals surface area contributed by atoms with Gasteiger partial charge >= 0.3 is 5.97 Å². The van der Waals surface area contributed by atoms with Gasteiger partial charge in [-0.15, -0.1) is 0 Å². The van der Waals surface area contributed by atoms with Gasteiger partial charge < -0.3 is 70.8 Å². The second kappa shape index (κ2) is 11.2. The van der Waals surface area contributed by atoms with E-state index < -0.39 is 117 Å². The third-order valence-electron chi connectivity index (χ3n) is 8.34. The summed E-state index contributed by atoms with van der Waals surface area (Å²) in [7, 11) is 0. The van der Waals surface area contributed by atoms with Gasteiger partial charge in [-0.3, -0.25) is 0 Å². The summed E-state index contributed by atoms with van der Waals surface area (Å²) in [6, 6.07) is 7.86. The third-order valence-corrected chi connectivity index (χ3v) is 8.34. The fourth-order valence-electron chi connectivity index (χ4n) is 6.04. The van der Waals surface area contributed by atoms with Crippen molar-refractivity contribution >= 4 is 5.97 Å². The lowest BCUT2D eigenvalue weighted by Gasteiger charge is -2.35. The van der Waals surface area contributed by atoms with Crippen molar-refractivity contribution in [3.63, 3.8) is 0 Å². The van der Waals surface area contributed by atoms with E-state index in [-0.39, 0.29) is 28.7 Å². The molecule has 0 aliphatic carbocycles. The largest absolute Gasteiger partial charge is 0.507 e. The number of carboxylic acid groups (broad SMARTS) is 1. The molecule has 4 aromatic carbocycles. The van der Waals surface area contributed by atoms with Crippen molar-refractivity contribution in [1.29, 1.82) is 0 Å². The van der Waals surface area contributed by atoms with Crippen molar-refractivity contribution in [3.8, 4) is 57.5 Å². The standard InChI is InChI=1S/C32H28O15/c33-14-3-1-10(5-17(14)36)28-20(39)7-12-16(35)9-19(38)22(30(12)46-28)26(42)23-25(41)13-8-21(40)29(11-2-4-15(34)18(37)6-11)47-31(13)24(27(23)43)32(44)45/h1-6,9,20-21,26,28-29,33-43H,7-8H2,(H,44,45)/t20-,21+,26?,28+,29-/m0/s1. The highest BCUT2D eigenvalue weighted by molar-refractivity contribution is 5.96. The lowest BCUT2D eigenvalue weighted by atomic mass is 9.85. The van der Waals surface area contributed by atoms with Crippen LogP contribution >= 0.6 is 0 Å². The number of hydrogen-bond donors (Lipinski definition) is 12. The maximum absolute atomic E-state index is 12.5. The van der Waals surface area contributed by atoms with Gasteiger partial charge in [-0.05, 0) is 35.4 Å². The average Bonchev–Trinajstić information content (AvgIpc) is 3.00. The first-order valence-corrected chi connectivity index (χ1v) is 14.0. The molecule has 15 nitrogen and oxygen atoms in total. The molecule has 47 heavy (non-hydrogen) atoms. The summed E-state index contributed by atoms with van der Waals surface area (Å²) in [4.78, 5) is 12.5. The molecule has 0 amide bonds. The van der Waals surface area contributed by atoms with Crippen molar-refractivity contribution in [2.75, 3.05) is 0 Å². The summed E-state index contributed by atoms with van der Waals surface area (Å²) in [5.41, 5.74) is -2.46. The zero-order valence-corrected chi connectivity index (χ0v) is 23.9. The average molecular weight is 653 g/mol. The topological polar surface area (TPSA) is 278 Å². The molecule has 0 spiro atoms. The Morgan fingerprint density at radius 1 is 0.617 bits per heavy atom. The van der Waals surface area contributed by atoms with E-state index in [9.17, 15) is 66.1 Å². The molecule has 15 heteroatoms. The molecule has 12 N–H and O–H groups in total. The third kappa shape index (κ3) is 5.02. The molecular weight excluding hydrogens is 624 g/mol. The molecule has 246 valence electrons. The van der Waals surface area contributed by atoms with Gasteiger partial charge in [0.1, 0.15) is 52.3 Å². The number of phenols is 8. The number of ether oxygens (including phenoxy) is 2. The van der Waals surface area contributed by atoms with Crippen LogP contribution < -0.4 is 9.47 Å². The van der Waals surface area contributed by atoms with Crippen LogP contribution in [0.15, 0.2) is 42.5 Å². The highest BCUT2D eigenvalue weighted by Crippen LogP contribution is 2.55. The number of rotatable bonds is 5. The summed E-state index contributed by atoms with van der Waals surface area (Å²) in [5.74, 6) is -8.18. The molecule has 0 fully saturated rings. The lowest BCUT2D eigenvalue weighted by Crippen LogP contribution is -2.32. The number of carboxylic acids is 1. The molecule has 4 aromatic rings. The Hall–Kier alpha value is -5.77. The van der Waals surface area contributed by atoms with Crippen molar-refractivity contribution < 1.29 is 75.5 Å². The molecule has 2 heterocycles. The van der Waals surface area contributed by atoms with E-state index in [2.05, 4.69) is 0 Å². The quantitative estimate of drug-likeness (QED) is 0.138. The second-order valence-electron chi connectivity index (χ2n) is 11.3. The van der Waals surface area contributed by atoms with Gasteiger partial charge in [-0.2, -0.15) is 0 Å². The predicted molar refractivity (Wildman–Crippen MR) is 156 cm³/mol. The zero-order chi connectivity index (χ0) is 34.1. The molecule has 0 saturated heterocycles. The van der Waals surface area contributed by atoms with E-state index in [0.29, 0.717) is 0 Å². The summed E-state index contributed by atoms with van der Waals surface area (Å²) < 4.78 is 11.7. The second-order valence-corrected chi connectivity index (χ2v) is 11.3. The summed E-state index contributed by atoms with van der Waals surface area (Å²) in [6.07, 6.45) is -8.49. The number of aliphatic hydroxyl groups excluding tert-OH is 3. The van der Waals surface area contributed by atoms with Crippen LogP contribution in [0.2, 0.25) is 0 Å². The minimum Gasteiger partial charge on any atom is -0.507 e. The van der Waals surface area contributed by atoms with Crippen LogP contribution in [0.25, 0.3) is 0 Å². The Bertz CT molecular complexity index is 1940. The number of aliphatic hydroxyl groups is 3. The first-order valence-electron chi connectivity index (χ1n) is 14.0. The zero-order valence-electron chi connectivity index (χ0n) is 23.9. The maximum atomic E-state index is 12.5. The van der Waals surface area contributed by atoms with Crippen LogP contribution in [0.1, 0.15) is 62.1 Å². The van der Waals surface area contributed by atoms with Gasteiger partial charge in [0.15, 0.2) is 29.1 Å². The van der Waals surface area contributed by atoms with Crippen molar-refractivity contribution in [2.24, 2.45) is 0 Å². The van der Waals surface area contributed by atoms with Gasteiger partial charge in [0.2, 0.25) is 0 Å². The molecule has 2 aliphatic heterocycles. The van der Waals surface area contributed by atoms with Gasteiger partial charge in [0, 0.05) is 30.0 Å². The van der Waals surface area contributed by atoms with Gasteiger partial charge in [0.25, 0.3) is 0 Å². The van der Waals surface area contributed by atoms with Crippen LogP contribution in [0.3, 0.4) is 0 Å². The van der Waals surface area contributed by atoms with E-state index >= 15 is 0 Å². The van der Waals surface area contributed by atoms with Crippen molar-refractivity contribution in [1.82, 2.24) is 0 Å². The normalized spacial score (nSPS) is 20.7. The fourth-order valence-corrected chi connectivity index (χ4v) is 6.04. The van der Waals surface area contributed by atoms with Crippen LogP contribution in [0.5, 0.6) is 57.5 Å². The first kappa shape index (κ1) is 31.2. The summed E-state index contributed by atoms with van der Waals surface area (Å²) in [5, 5.41) is 127. The highest BCUT2D eigenvalue weighted by atomic mass is 16.5. The van der Waals surface area contributed by atoms with E-state index in [1.165, 1.54) is 12.1 Å². The number of phenolic OH excluding ortho intramolecular Hbond substituents is 7.